The van der Waals surface area contributed by atoms with Crippen molar-refractivity contribution in [3.8, 4) is 11.1 Å². The van der Waals surface area contributed by atoms with Gasteiger partial charge in [-0.2, -0.15) is 0 Å². The first-order chi connectivity index (χ1) is 9.77. The molecule has 3 nitrogen and oxygen atoms in total. The van der Waals surface area contributed by atoms with E-state index in [0.29, 0.717) is 11.4 Å². The highest BCUT2D eigenvalue weighted by atomic mass is 16.2. The van der Waals surface area contributed by atoms with Crippen LogP contribution >= 0.6 is 0 Å². The molecule has 0 heterocycles. The van der Waals surface area contributed by atoms with Gasteiger partial charge in [0, 0.05) is 7.11 Å². The van der Waals surface area contributed by atoms with Gasteiger partial charge in [0.05, 0.1) is 11.4 Å². The van der Waals surface area contributed by atoms with Crippen LogP contribution in [-0.4, -0.2) is 12.2 Å². The Morgan fingerprint density at radius 1 is 0.650 bits per heavy atom. The maximum atomic E-state index is 7.00. The molecule has 0 unspecified atom stereocenters. The van der Waals surface area contributed by atoms with Gasteiger partial charge in [-0.3, -0.25) is 0 Å². The smallest absolute Gasteiger partial charge is 0.0554 e. The number of aliphatic hydroxyl groups excluding tert-OH is 1. The predicted molar refractivity (Wildman–Crippen MR) is 91.5 cm³/mol. The number of hydrogen-bond donors (Lipinski definition) is 3. The topological polar surface area (TPSA) is 72.3 Å². The lowest BCUT2D eigenvalue weighted by Crippen LogP contribution is -1.94. The molecule has 2 aromatic rings. The normalized spacial score (nSPS) is 7.90. The van der Waals surface area contributed by atoms with E-state index in [9.17, 15) is 0 Å². The third-order valence-corrected chi connectivity index (χ3v) is 2.19. The Hall–Kier alpha value is -2.00. The van der Waals surface area contributed by atoms with Crippen LogP contribution in [0.1, 0.15) is 27.7 Å². The minimum atomic E-state index is 0.629. The van der Waals surface area contributed by atoms with E-state index in [1.54, 1.807) is 0 Å². The molecule has 0 saturated heterocycles. The van der Waals surface area contributed by atoms with Crippen molar-refractivity contribution in [3.05, 3.63) is 48.5 Å². The molecule has 0 aliphatic carbocycles. The molecule has 0 bridgehead atoms. The van der Waals surface area contributed by atoms with Crippen molar-refractivity contribution >= 4 is 11.4 Å². The van der Waals surface area contributed by atoms with Crippen LogP contribution in [0.5, 0.6) is 0 Å². The molecule has 2 aromatic carbocycles. The summed E-state index contributed by atoms with van der Waals surface area (Å²) < 4.78 is 0. The summed E-state index contributed by atoms with van der Waals surface area (Å²) in [6.07, 6.45) is 0. The van der Waals surface area contributed by atoms with Gasteiger partial charge in [-0.25, -0.2) is 0 Å². The number of benzene rings is 2. The fourth-order valence-electron chi connectivity index (χ4n) is 1.38. The van der Waals surface area contributed by atoms with Crippen LogP contribution in [0, 0.1) is 0 Å². The second kappa shape index (κ2) is 13.4. The maximum absolute atomic E-state index is 7.00. The molecule has 0 spiro atoms. The summed E-state index contributed by atoms with van der Waals surface area (Å²) in [5.41, 5.74) is 14.9. The standard InChI is InChI=1S/C12H12N2.2C2H6.CH4O/c13-11-7-6-10(8-12(11)14)9-4-2-1-3-5-9;3*1-2/h1-8H,13-14H2;2*1-2H3;2H,1H3. The zero-order valence-corrected chi connectivity index (χ0v) is 13.2. The van der Waals surface area contributed by atoms with Gasteiger partial charge >= 0.3 is 0 Å². The van der Waals surface area contributed by atoms with Crippen molar-refractivity contribution in [1.29, 1.82) is 0 Å². The summed E-state index contributed by atoms with van der Waals surface area (Å²) in [4.78, 5) is 0. The molecule has 20 heavy (non-hydrogen) atoms. The third-order valence-electron chi connectivity index (χ3n) is 2.19. The molecule has 5 N–H and O–H groups in total. The Labute approximate surface area is 123 Å². The van der Waals surface area contributed by atoms with Crippen LogP contribution in [0.25, 0.3) is 11.1 Å². The first kappa shape index (κ1) is 20.3. The van der Waals surface area contributed by atoms with E-state index in [0.717, 1.165) is 18.2 Å². The number of nitrogens with two attached hydrogens (primary N) is 2. The average molecular weight is 276 g/mol. The van der Waals surface area contributed by atoms with E-state index in [1.807, 2.05) is 76.2 Å². The molecule has 0 aliphatic heterocycles. The highest BCUT2D eigenvalue weighted by molar-refractivity contribution is 5.74. The number of hydrogen-bond acceptors (Lipinski definition) is 3. The summed E-state index contributed by atoms with van der Waals surface area (Å²) in [7, 11) is 1.00. The Kier molecular flexibility index (Phi) is 13.6. The fourth-order valence-corrected chi connectivity index (χ4v) is 1.38. The molecule has 0 amide bonds. The Morgan fingerprint density at radius 2 is 1.15 bits per heavy atom. The van der Waals surface area contributed by atoms with E-state index in [4.69, 9.17) is 16.6 Å². The van der Waals surface area contributed by atoms with Crippen molar-refractivity contribution in [2.75, 3.05) is 18.6 Å². The second-order valence-electron chi connectivity index (χ2n) is 3.21. The highest BCUT2D eigenvalue weighted by Crippen LogP contribution is 2.24. The molecule has 0 saturated carbocycles. The molecule has 0 radical (unpaired) electrons. The van der Waals surface area contributed by atoms with E-state index < -0.39 is 0 Å². The molecular weight excluding hydrogens is 248 g/mol. The lowest BCUT2D eigenvalue weighted by Gasteiger charge is -2.04. The van der Waals surface area contributed by atoms with Crippen molar-refractivity contribution < 1.29 is 5.11 Å². The van der Waals surface area contributed by atoms with Crippen LogP contribution in [0.2, 0.25) is 0 Å². The Balaban J connectivity index is 0. The minimum absolute atomic E-state index is 0.629. The van der Waals surface area contributed by atoms with Gasteiger partial charge in [0.1, 0.15) is 0 Å². The fraction of sp³-hybridized carbons (Fsp3) is 0.294. The van der Waals surface area contributed by atoms with Gasteiger partial charge in [-0.05, 0) is 23.3 Å². The maximum Gasteiger partial charge on any atom is 0.0554 e. The molecule has 0 fully saturated rings. The van der Waals surface area contributed by atoms with Crippen LogP contribution in [-0.2, 0) is 0 Å². The second-order valence-corrected chi connectivity index (χ2v) is 3.21. The summed E-state index contributed by atoms with van der Waals surface area (Å²) in [6, 6.07) is 15.8. The molecule has 112 valence electrons. The number of nitrogen functional groups attached to an aromatic ring is 2. The Bertz CT molecular complexity index is 442. The molecular formula is C17H28N2O. The van der Waals surface area contributed by atoms with Gasteiger partial charge in [0.2, 0.25) is 0 Å². The van der Waals surface area contributed by atoms with Crippen LogP contribution in [0.15, 0.2) is 48.5 Å². The summed E-state index contributed by atoms with van der Waals surface area (Å²) in [5, 5.41) is 7.00. The molecule has 0 atom stereocenters. The molecule has 2 rings (SSSR count). The lowest BCUT2D eigenvalue weighted by molar-refractivity contribution is 0.399. The number of rotatable bonds is 1. The molecule has 3 heteroatoms. The Morgan fingerprint density at radius 3 is 1.60 bits per heavy atom. The summed E-state index contributed by atoms with van der Waals surface area (Å²) in [6.45, 7) is 8.00. The van der Waals surface area contributed by atoms with E-state index in [-0.39, 0.29) is 0 Å². The van der Waals surface area contributed by atoms with Crippen molar-refractivity contribution in [3.63, 3.8) is 0 Å². The van der Waals surface area contributed by atoms with Crippen LogP contribution in [0.4, 0.5) is 11.4 Å². The number of aliphatic hydroxyl groups is 1. The largest absolute Gasteiger partial charge is 0.400 e. The number of anilines is 2. The molecule has 0 aliphatic rings. The predicted octanol–water partition coefficient (Wildman–Crippen LogP) is 4.18. The van der Waals surface area contributed by atoms with Crippen molar-refractivity contribution in [1.82, 2.24) is 0 Å². The monoisotopic (exact) mass is 276 g/mol. The zero-order chi connectivity index (χ0) is 16.0. The van der Waals surface area contributed by atoms with Gasteiger partial charge in [-0.15, -0.1) is 0 Å². The van der Waals surface area contributed by atoms with Gasteiger partial charge < -0.3 is 16.6 Å². The first-order valence-electron chi connectivity index (χ1n) is 6.92. The quantitative estimate of drug-likeness (QED) is 0.684. The highest BCUT2D eigenvalue weighted by Gasteiger charge is 1.98. The third kappa shape index (κ3) is 6.81. The molecule has 0 aromatic heterocycles. The van der Waals surface area contributed by atoms with Gasteiger partial charge in [0.25, 0.3) is 0 Å². The van der Waals surface area contributed by atoms with Crippen molar-refractivity contribution in [2.24, 2.45) is 0 Å². The summed E-state index contributed by atoms with van der Waals surface area (Å²) in [5.74, 6) is 0. The first-order valence-corrected chi connectivity index (χ1v) is 6.92. The SMILES string of the molecule is CC.CC.CO.Nc1ccc(-c2ccccc2)cc1N. The van der Waals surface area contributed by atoms with E-state index in [2.05, 4.69) is 0 Å². The van der Waals surface area contributed by atoms with E-state index in [1.165, 1.54) is 0 Å². The van der Waals surface area contributed by atoms with Crippen LogP contribution < -0.4 is 11.5 Å². The van der Waals surface area contributed by atoms with E-state index >= 15 is 0 Å². The van der Waals surface area contributed by atoms with Crippen molar-refractivity contribution in [2.45, 2.75) is 27.7 Å². The van der Waals surface area contributed by atoms with Gasteiger partial charge in [0.15, 0.2) is 0 Å². The zero-order valence-electron chi connectivity index (χ0n) is 13.2. The minimum Gasteiger partial charge on any atom is -0.400 e. The lowest BCUT2D eigenvalue weighted by atomic mass is 10.0. The van der Waals surface area contributed by atoms with Crippen LogP contribution in [0.3, 0.4) is 0 Å². The average Bonchev–Trinajstić information content (AvgIpc) is 2.56. The van der Waals surface area contributed by atoms with Gasteiger partial charge in [-0.1, -0.05) is 64.1 Å². The summed E-state index contributed by atoms with van der Waals surface area (Å²) >= 11 is 0.